The number of carbonyl (C=O) groups is 1. The van der Waals surface area contributed by atoms with Crippen LogP contribution in [0.4, 0.5) is 0 Å². The highest BCUT2D eigenvalue weighted by Crippen LogP contribution is 2.26. The first-order valence-corrected chi connectivity index (χ1v) is 6.71. The van der Waals surface area contributed by atoms with Crippen LogP contribution < -0.4 is 5.73 Å². The molecule has 1 aliphatic rings. The highest BCUT2D eigenvalue weighted by molar-refractivity contribution is 5.81. The first-order valence-electron chi connectivity index (χ1n) is 6.71. The van der Waals surface area contributed by atoms with Crippen LogP contribution in [0.1, 0.15) is 24.8 Å². The van der Waals surface area contributed by atoms with Crippen molar-refractivity contribution in [3.63, 3.8) is 0 Å². The second-order valence-electron chi connectivity index (χ2n) is 5.31. The summed E-state index contributed by atoms with van der Waals surface area (Å²) in [5.74, 6) is 0.758. The Morgan fingerprint density at radius 3 is 2.61 bits per heavy atom. The molecular formula is C15H22N2O. The molecule has 0 heterocycles. The number of nitrogens with two attached hydrogens (primary N) is 1. The quantitative estimate of drug-likeness (QED) is 0.861. The maximum Gasteiger partial charge on any atom is 0.239 e. The zero-order valence-electron chi connectivity index (χ0n) is 11.0. The molecule has 0 saturated heterocycles. The van der Waals surface area contributed by atoms with Crippen LogP contribution in [0, 0.1) is 5.92 Å². The highest BCUT2D eigenvalue weighted by atomic mass is 16.2. The van der Waals surface area contributed by atoms with Gasteiger partial charge in [0.25, 0.3) is 0 Å². The fraction of sp³-hybridized carbons (Fsp3) is 0.533. The molecule has 0 bridgehead atoms. The standard InChI is InChI=1S/C15H22N2O/c1-17(11-13-8-5-9-13)15(18)14(16)10-12-6-3-2-4-7-12/h2-4,6-7,13-14H,5,8-11,16H2,1H3/t14-/m1/s1. The molecule has 18 heavy (non-hydrogen) atoms. The van der Waals surface area contributed by atoms with Crippen molar-refractivity contribution in [2.45, 2.75) is 31.7 Å². The van der Waals surface area contributed by atoms with Crippen LogP contribution in [0.5, 0.6) is 0 Å². The topological polar surface area (TPSA) is 46.3 Å². The molecule has 3 heteroatoms. The van der Waals surface area contributed by atoms with Crippen LogP contribution >= 0.6 is 0 Å². The minimum Gasteiger partial charge on any atom is -0.344 e. The lowest BCUT2D eigenvalue weighted by Gasteiger charge is -2.31. The van der Waals surface area contributed by atoms with Gasteiger partial charge in [0.2, 0.25) is 5.91 Å². The van der Waals surface area contributed by atoms with Gasteiger partial charge in [-0.1, -0.05) is 36.8 Å². The van der Waals surface area contributed by atoms with Crippen molar-refractivity contribution in [1.82, 2.24) is 4.90 Å². The lowest BCUT2D eigenvalue weighted by atomic mass is 9.85. The number of hydrogen-bond acceptors (Lipinski definition) is 2. The molecule has 2 N–H and O–H groups in total. The number of nitrogens with zero attached hydrogens (tertiary/aromatic N) is 1. The molecular weight excluding hydrogens is 224 g/mol. The number of carbonyl (C=O) groups excluding carboxylic acids is 1. The van der Waals surface area contributed by atoms with Gasteiger partial charge in [-0.15, -0.1) is 0 Å². The number of likely N-dealkylation sites (N-methyl/N-ethyl adjacent to an activating group) is 1. The summed E-state index contributed by atoms with van der Waals surface area (Å²) in [5.41, 5.74) is 7.11. The van der Waals surface area contributed by atoms with Gasteiger partial charge >= 0.3 is 0 Å². The largest absolute Gasteiger partial charge is 0.344 e. The minimum absolute atomic E-state index is 0.0609. The molecule has 1 saturated carbocycles. The SMILES string of the molecule is CN(CC1CCC1)C(=O)[C@H](N)Cc1ccccc1. The normalized spacial score (nSPS) is 17.0. The van der Waals surface area contributed by atoms with Gasteiger partial charge in [0, 0.05) is 13.6 Å². The predicted octanol–water partition coefficient (Wildman–Crippen LogP) is 1.81. The Labute approximate surface area is 109 Å². The Morgan fingerprint density at radius 2 is 2.06 bits per heavy atom. The summed E-state index contributed by atoms with van der Waals surface area (Å²) in [5, 5.41) is 0. The monoisotopic (exact) mass is 246 g/mol. The maximum absolute atomic E-state index is 12.1. The average molecular weight is 246 g/mol. The molecule has 98 valence electrons. The average Bonchev–Trinajstić information content (AvgIpc) is 2.33. The fourth-order valence-electron chi connectivity index (χ4n) is 2.39. The molecule has 0 aliphatic heterocycles. The second kappa shape index (κ2) is 6.01. The number of rotatable bonds is 5. The Morgan fingerprint density at radius 1 is 1.39 bits per heavy atom. The summed E-state index contributed by atoms with van der Waals surface area (Å²) in [7, 11) is 1.87. The first-order chi connectivity index (χ1) is 8.66. The van der Waals surface area contributed by atoms with Crippen molar-refractivity contribution in [2.24, 2.45) is 11.7 Å². The zero-order chi connectivity index (χ0) is 13.0. The summed E-state index contributed by atoms with van der Waals surface area (Å²) in [6.45, 7) is 0.862. The molecule has 1 aromatic carbocycles. The Hall–Kier alpha value is -1.35. The van der Waals surface area contributed by atoms with E-state index >= 15 is 0 Å². The molecule has 2 rings (SSSR count). The van der Waals surface area contributed by atoms with Crippen molar-refractivity contribution < 1.29 is 4.79 Å². The maximum atomic E-state index is 12.1. The van der Waals surface area contributed by atoms with E-state index in [9.17, 15) is 4.79 Å². The molecule has 0 aromatic heterocycles. The van der Waals surface area contributed by atoms with Crippen molar-refractivity contribution in [3.05, 3.63) is 35.9 Å². The lowest BCUT2D eigenvalue weighted by molar-refractivity contribution is -0.132. The van der Waals surface area contributed by atoms with Gasteiger partial charge in [-0.25, -0.2) is 0 Å². The smallest absolute Gasteiger partial charge is 0.239 e. The van der Waals surface area contributed by atoms with E-state index in [-0.39, 0.29) is 5.91 Å². The van der Waals surface area contributed by atoms with E-state index in [1.807, 2.05) is 37.4 Å². The number of hydrogen-bond donors (Lipinski definition) is 1. The van der Waals surface area contributed by atoms with Crippen LogP contribution in [0.25, 0.3) is 0 Å². The van der Waals surface area contributed by atoms with Crippen LogP contribution in [-0.2, 0) is 11.2 Å². The molecule has 1 atom stereocenters. The van der Waals surface area contributed by atoms with Gasteiger partial charge in [0.1, 0.15) is 0 Å². The number of benzene rings is 1. The fourth-order valence-corrected chi connectivity index (χ4v) is 2.39. The third-order valence-corrected chi connectivity index (χ3v) is 3.75. The Balaban J connectivity index is 1.83. The van der Waals surface area contributed by atoms with Crippen molar-refractivity contribution >= 4 is 5.91 Å². The Kier molecular flexibility index (Phi) is 4.37. The first kappa shape index (κ1) is 13.1. The molecule has 1 aromatic rings. The summed E-state index contributed by atoms with van der Waals surface area (Å²) in [6.07, 6.45) is 4.44. The molecule has 1 aliphatic carbocycles. The van der Waals surface area contributed by atoms with Gasteiger partial charge in [0.15, 0.2) is 0 Å². The summed E-state index contributed by atoms with van der Waals surface area (Å²) in [4.78, 5) is 13.9. The van der Waals surface area contributed by atoms with E-state index in [2.05, 4.69) is 0 Å². The third-order valence-electron chi connectivity index (χ3n) is 3.75. The van der Waals surface area contributed by atoms with E-state index in [1.54, 1.807) is 4.90 Å². The summed E-state index contributed by atoms with van der Waals surface area (Å²) >= 11 is 0. The molecule has 0 unspecified atom stereocenters. The van der Waals surface area contributed by atoms with Crippen LogP contribution in [0.15, 0.2) is 30.3 Å². The summed E-state index contributed by atoms with van der Waals surface area (Å²) in [6, 6.07) is 9.53. The van der Waals surface area contributed by atoms with E-state index in [0.29, 0.717) is 12.3 Å². The van der Waals surface area contributed by atoms with E-state index < -0.39 is 6.04 Å². The van der Waals surface area contributed by atoms with Gasteiger partial charge < -0.3 is 10.6 Å². The van der Waals surface area contributed by atoms with Crippen LogP contribution in [0.3, 0.4) is 0 Å². The minimum atomic E-state index is -0.419. The van der Waals surface area contributed by atoms with Gasteiger partial charge in [-0.05, 0) is 30.7 Å². The van der Waals surface area contributed by atoms with E-state index in [4.69, 9.17) is 5.73 Å². The van der Waals surface area contributed by atoms with Crippen molar-refractivity contribution in [3.8, 4) is 0 Å². The van der Waals surface area contributed by atoms with Crippen LogP contribution in [0.2, 0.25) is 0 Å². The van der Waals surface area contributed by atoms with E-state index in [1.165, 1.54) is 19.3 Å². The molecule has 0 spiro atoms. The zero-order valence-corrected chi connectivity index (χ0v) is 11.0. The van der Waals surface area contributed by atoms with Crippen molar-refractivity contribution in [1.29, 1.82) is 0 Å². The Bertz CT molecular complexity index is 387. The van der Waals surface area contributed by atoms with Gasteiger partial charge in [0.05, 0.1) is 6.04 Å². The molecule has 3 nitrogen and oxygen atoms in total. The highest BCUT2D eigenvalue weighted by Gasteiger charge is 2.24. The molecule has 0 radical (unpaired) electrons. The predicted molar refractivity (Wildman–Crippen MR) is 73.1 cm³/mol. The lowest BCUT2D eigenvalue weighted by Crippen LogP contribution is -2.45. The summed E-state index contributed by atoms with van der Waals surface area (Å²) < 4.78 is 0. The third kappa shape index (κ3) is 3.33. The molecule has 1 fully saturated rings. The van der Waals surface area contributed by atoms with Crippen LogP contribution in [-0.4, -0.2) is 30.4 Å². The second-order valence-corrected chi connectivity index (χ2v) is 5.31. The van der Waals surface area contributed by atoms with Crippen molar-refractivity contribution in [2.75, 3.05) is 13.6 Å². The molecule has 1 amide bonds. The van der Waals surface area contributed by atoms with Gasteiger partial charge in [-0.3, -0.25) is 4.79 Å². The number of amides is 1. The van der Waals surface area contributed by atoms with Gasteiger partial charge in [-0.2, -0.15) is 0 Å². The van der Waals surface area contributed by atoms with E-state index in [0.717, 1.165) is 12.1 Å².